The van der Waals surface area contributed by atoms with Crippen molar-refractivity contribution in [1.82, 2.24) is 10.1 Å². The maximum absolute atomic E-state index is 11.8. The van der Waals surface area contributed by atoms with Crippen molar-refractivity contribution in [2.24, 2.45) is 0 Å². The Morgan fingerprint density at radius 2 is 2.24 bits per heavy atom. The number of rotatable bonds is 4. The van der Waals surface area contributed by atoms with E-state index in [1.165, 1.54) is 0 Å². The van der Waals surface area contributed by atoms with Gasteiger partial charge in [0, 0.05) is 24.9 Å². The van der Waals surface area contributed by atoms with Crippen molar-refractivity contribution in [3.8, 4) is 0 Å². The quantitative estimate of drug-likeness (QED) is 0.783. The average Bonchev–Trinajstić information content (AvgIpc) is 2.73. The third-order valence-electron chi connectivity index (χ3n) is 2.62. The van der Waals surface area contributed by atoms with Gasteiger partial charge < -0.3 is 9.42 Å². The summed E-state index contributed by atoms with van der Waals surface area (Å²) in [7, 11) is 1.73. The van der Waals surface area contributed by atoms with Gasteiger partial charge in [-0.1, -0.05) is 17.3 Å². The maximum atomic E-state index is 11.8. The molecule has 0 saturated carbocycles. The number of hydrogen-bond acceptors (Lipinski definition) is 3. The van der Waals surface area contributed by atoms with Gasteiger partial charge >= 0.3 is 0 Å². The van der Waals surface area contributed by atoms with Gasteiger partial charge in [-0.15, -0.1) is 11.6 Å². The number of aromatic nitrogens is 1. The van der Waals surface area contributed by atoms with E-state index in [1.54, 1.807) is 11.9 Å². The highest BCUT2D eigenvalue weighted by molar-refractivity contribution is 6.18. The highest BCUT2D eigenvalue weighted by atomic mass is 35.5. The smallest absolute Gasteiger partial charge is 0.228 e. The third kappa shape index (κ3) is 2.58. The lowest BCUT2D eigenvalue weighted by Gasteiger charge is -2.14. The Hall–Kier alpha value is -1.55. The predicted molar refractivity (Wildman–Crippen MR) is 66.1 cm³/mol. The van der Waals surface area contributed by atoms with Crippen LogP contribution in [-0.2, 0) is 11.2 Å². The lowest BCUT2D eigenvalue weighted by Crippen LogP contribution is -2.30. The van der Waals surface area contributed by atoms with Crippen molar-refractivity contribution < 1.29 is 9.32 Å². The summed E-state index contributed by atoms with van der Waals surface area (Å²) in [5.74, 6) is 0.423. The van der Waals surface area contributed by atoms with E-state index in [0.717, 1.165) is 5.39 Å². The Morgan fingerprint density at radius 1 is 1.47 bits per heavy atom. The van der Waals surface area contributed by atoms with Crippen LogP contribution in [0.1, 0.15) is 5.69 Å². The summed E-state index contributed by atoms with van der Waals surface area (Å²) in [6, 6.07) is 7.50. The Labute approximate surface area is 104 Å². The zero-order chi connectivity index (χ0) is 12.3. The molecule has 0 spiro atoms. The van der Waals surface area contributed by atoms with Crippen molar-refractivity contribution in [1.29, 1.82) is 0 Å². The molecule has 0 fully saturated rings. The minimum absolute atomic E-state index is 0.00953. The van der Waals surface area contributed by atoms with Gasteiger partial charge in [-0.2, -0.15) is 0 Å². The first-order valence-electron chi connectivity index (χ1n) is 5.35. The van der Waals surface area contributed by atoms with Gasteiger partial charge in [-0.05, 0) is 12.1 Å². The number of carbonyl (C=O) groups excluding carboxylic acids is 1. The summed E-state index contributed by atoms with van der Waals surface area (Å²) >= 11 is 5.59. The molecule has 17 heavy (non-hydrogen) atoms. The standard InChI is InChI=1S/C12H13ClN2O2/c1-15(7-6-13)12(16)8-10-9-4-2-3-5-11(9)17-14-10/h2-5H,6-8H2,1H3. The molecule has 0 saturated heterocycles. The number of benzene rings is 1. The second-order valence-electron chi connectivity index (χ2n) is 3.81. The predicted octanol–water partition coefficient (Wildman–Crippen LogP) is 2.07. The number of carbonyl (C=O) groups is 1. The molecule has 5 heteroatoms. The maximum Gasteiger partial charge on any atom is 0.228 e. The number of halogens is 1. The van der Waals surface area contributed by atoms with E-state index in [4.69, 9.17) is 16.1 Å². The molecule has 4 nitrogen and oxygen atoms in total. The molecule has 0 unspecified atom stereocenters. The highest BCUT2D eigenvalue weighted by Gasteiger charge is 2.14. The number of amides is 1. The molecule has 0 atom stereocenters. The third-order valence-corrected chi connectivity index (χ3v) is 2.79. The van der Waals surface area contributed by atoms with E-state index in [-0.39, 0.29) is 12.3 Å². The van der Waals surface area contributed by atoms with Crippen LogP contribution in [0.15, 0.2) is 28.8 Å². The van der Waals surface area contributed by atoms with Gasteiger partial charge in [0.15, 0.2) is 5.58 Å². The minimum Gasteiger partial charge on any atom is -0.356 e. The summed E-state index contributed by atoms with van der Waals surface area (Å²) in [5.41, 5.74) is 1.38. The number of nitrogens with zero attached hydrogens (tertiary/aromatic N) is 2. The minimum atomic E-state index is -0.00953. The lowest BCUT2D eigenvalue weighted by molar-refractivity contribution is -0.129. The number of fused-ring (bicyclic) bond motifs is 1. The molecular formula is C12H13ClN2O2. The van der Waals surface area contributed by atoms with Crippen LogP contribution in [0.2, 0.25) is 0 Å². The monoisotopic (exact) mass is 252 g/mol. The molecule has 0 bridgehead atoms. The van der Waals surface area contributed by atoms with Crippen molar-refractivity contribution >= 4 is 28.5 Å². The molecule has 2 aromatic rings. The molecule has 0 N–H and O–H groups in total. The molecule has 1 aromatic heterocycles. The van der Waals surface area contributed by atoms with Gasteiger partial charge in [0.05, 0.1) is 6.42 Å². The normalized spacial score (nSPS) is 10.7. The van der Waals surface area contributed by atoms with Crippen LogP contribution in [0.3, 0.4) is 0 Å². The fraction of sp³-hybridized carbons (Fsp3) is 0.333. The first-order chi connectivity index (χ1) is 8.22. The zero-order valence-corrected chi connectivity index (χ0v) is 10.3. The number of alkyl halides is 1. The first kappa shape index (κ1) is 11.9. The second kappa shape index (κ2) is 5.19. The summed E-state index contributed by atoms with van der Waals surface area (Å²) in [4.78, 5) is 13.4. The van der Waals surface area contributed by atoms with E-state index in [1.807, 2.05) is 24.3 Å². The molecule has 0 aliphatic carbocycles. The van der Waals surface area contributed by atoms with E-state index >= 15 is 0 Å². The van der Waals surface area contributed by atoms with E-state index in [9.17, 15) is 4.79 Å². The van der Waals surface area contributed by atoms with E-state index in [0.29, 0.717) is 23.7 Å². The molecule has 1 aromatic carbocycles. The fourth-order valence-electron chi connectivity index (χ4n) is 1.60. The molecular weight excluding hydrogens is 240 g/mol. The first-order valence-corrected chi connectivity index (χ1v) is 5.89. The molecule has 0 aliphatic heterocycles. The molecule has 0 aliphatic rings. The van der Waals surface area contributed by atoms with Crippen molar-refractivity contribution in [3.05, 3.63) is 30.0 Å². The van der Waals surface area contributed by atoms with Crippen LogP contribution in [0.25, 0.3) is 11.0 Å². The van der Waals surface area contributed by atoms with Crippen LogP contribution in [0, 0.1) is 0 Å². The molecule has 0 radical (unpaired) electrons. The topological polar surface area (TPSA) is 46.3 Å². The molecule has 2 rings (SSSR count). The van der Waals surface area contributed by atoms with E-state index < -0.39 is 0 Å². The summed E-state index contributed by atoms with van der Waals surface area (Å²) in [5, 5.41) is 4.81. The van der Waals surface area contributed by atoms with E-state index in [2.05, 4.69) is 5.16 Å². The Balaban J connectivity index is 2.16. The fourth-order valence-corrected chi connectivity index (χ4v) is 1.85. The Morgan fingerprint density at radius 3 is 3.00 bits per heavy atom. The summed E-state index contributed by atoms with van der Waals surface area (Å²) < 4.78 is 5.14. The molecule has 90 valence electrons. The number of hydrogen-bond donors (Lipinski definition) is 0. The van der Waals surface area contributed by atoms with Crippen LogP contribution in [0.4, 0.5) is 0 Å². The van der Waals surface area contributed by atoms with Crippen molar-refractivity contribution in [3.63, 3.8) is 0 Å². The van der Waals surface area contributed by atoms with Crippen LogP contribution in [-0.4, -0.2) is 35.4 Å². The zero-order valence-electron chi connectivity index (χ0n) is 9.52. The van der Waals surface area contributed by atoms with Gasteiger partial charge in [-0.25, -0.2) is 0 Å². The van der Waals surface area contributed by atoms with Crippen LogP contribution >= 0.6 is 11.6 Å². The van der Waals surface area contributed by atoms with Gasteiger partial charge in [0.1, 0.15) is 5.69 Å². The Bertz CT molecular complexity index is 524. The summed E-state index contributed by atoms with van der Waals surface area (Å²) in [6.07, 6.45) is 0.240. The van der Waals surface area contributed by atoms with Gasteiger partial charge in [0.2, 0.25) is 5.91 Å². The van der Waals surface area contributed by atoms with Gasteiger partial charge in [0.25, 0.3) is 0 Å². The number of para-hydroxylation sites is 1. The average molecular weight is 253 g/mol. The van der Waals surface area contributed by atoms with Crippen LogP contribution in [0.5, 0.6) is 0 Å². The second-order valence-corrected chi connectivity index (χ2v) is 4.18. The number of likely N-dealkylation sites (N-methyl/N-ethyl adjacent to an activating group) is 1. The van der Waals surface area contributed by atoms with Gasteiger partial charge in [-0.3, -0.25) is 4.79 Å². The lowest BCUT2D eigenvalue weighted by atomic mass is 10.1. The highest BCUT2D eigenvalue weighted by Crippen LogP contribution is 2.18. The van der Waals surface area contributed by atoms with Crippen LogP contribution < -0.4 is 0 Å². The molecule has 1 heterocycles. The molecule has 1 amide bonds. The largest absolute Gasteiger partial charge is 0.356 e. The Kier molecular flexibility index (Phi) is 3.64. The van der Waals surface area contributed by atoms with Crippen molar-refractivity contribution in [2.45, 2.75) is 6.42 Å². The van der Waals surface area contributed by atoms with Crippen molar-refractivity contribution in [2.75, 3.05) is 19.5 Å². The SMILES string of the molecule is CN(CCCl)C(=O)Cc1noc2ccccc12. The summed E-state index contributed by atoms with van der Waals surface area (Å²) in [6.45, 7) is 0.538.